The summed E-state index contributed by atoms with van der Waals surface area (Å²) in [6.45, 7) is 2.39. The van der Waals surface area contributed by atoms with Gasteiger partial charge in [-0.25, -0.2) is 4.79 Å². The van der Waals surface area contributed by atoms with E-state index in [1.54, 1.807) is 55.5 Å². The van der Waals surface area contributed by atoms with Gasteiger partial charge < -0.3 is 34.5 Å². The molecular weight excluding hydrogens is 458 g/mol. The first-order valence-corrected chi connectivity index (χ1v) is 11.0. The van der Waals surface area contributed by atoms with Crippen LogP contribution in [0.25, 0.3) is 0 Å². The average Bonchev–Trinajstić information content (AvgIpc) is 3.30. The molecule has 0 saturated carbocycles. The summed E-state index contributed by atoms with van der Waals surface area (Å²) in [6, 6.07) is 11.7. The van der Waals surface area contributed by atoms with Crippen molar-refractivity contribution in [2.24, 2.45) is 0 Å². The third kappa shape index (κ3) is 4.82. The molecule has 0 saturated heterocycles. The summed E-state index contributed by atoms with van der Waals surface area (Å²) < 4.78 is 21.0. The number of methoxy groups -OCH3 is 1. The molecule has 0 fully saturated rings. The number of esters is 1. The number of carbonyl (C=O) groups is 2. The summed E-state index contributed by atoms with van der Waals surface area (Å²) >= 11 is 5.45. The first-order chi connectivity index (χ1) is 16.4. The molecule has 0 spiro atoms. The summed E-state index contributed by atoms with van der Waals surface area (Å²) in [4.78, 5) is 27.5. The second kappa shape index (κ2) is 10.1. The van der Waals surface area contributed by atoms with Crippen molar-refractivity contribution in [2.45, 2.75) is 13.0 Å². The van der Waals surface area contributed by atoms with Crippen molar-refractivity contribution >= 4 is 34.9 Å². The molecule has 1 amide bonds. The number of rotatable bonds is 7. The van der Waals surface area contributed by atoms with E-state index in [-0.39, 0.29) is 19.3 Å². The van der Waals surface area contributed by atoms with Gasteiger partial charge in [0.25, 0.3) is 5.91 Å². The maximum absolute atomic E-state index is 12.9. The van der Waals surface area contributed by atoms with Gasteiger partial charge in [0.05, 0.1) is 18.2 Å². The lowest BCUT2D eigenvalue weighted by Crippen LogP contribution is -2.46. The number of hydrogen-bond donors (Lipinski definition) is 2. The Morgan fingerprint density at radius 3 is 2.76 bits per heavy atom. The number of benzene rings is 2. The Kier molecular flexibility index (Phi) is 6.99. The number of nitrogens with zero attached hydrogens (tertiary/aromatic N) is 1. The molecule has 0 radical (unpaired) electrons. The number of thiocarbonyl (C=S) groups is 1. The molecule has 178 valence electrons. The van der Waals surface area contributed by atoms with E-state index in [0.29, 0.717) is 45.7 Å². The molecule has 0 aliphatic carbocycles. The predicted octanol–water partition coefficient (Wildman–Crippen LogP) is 2.99. The standard InChI is InChI=1S/C24H25N3O6S/c1-14-20(23(29)31-10-9-30-3)21(26-24(34)27(14)2)15-5-4-6-17(11-15)25-22(28)16-7-8-18-19(12-16)33-13-32-18/h4-8,11-12,21H,9-10,13H2,1-3H3,(H,25,28)(H,26,34). The van der Waals surface area contributed by atoms with E-state index in [0.717, 1.165) is 5.56 Å². The molecule has 1 atom stereocenters. The summed E-state index contributed by atoms with van der Waals surface area (Å²) in [6.07, 6.45) is 0. The van der Waals surface area contributed by atoms with Gasteiger partial charge in [-0.05, 0) is 55.0 Å². The summed E-state index contributed by atoms with van der Waals surface area (Å²) in [5.74, 6) is 0.377. The Bertz CT molecular complexity index is 1170. The number of anilines is 1. The predicted molar refractivity (Wildman–Crippen MR) is 129 cm³/mol. The number of nitrogens with one attached hydrogen (secondary N) is 2. The minimum absolute atomic E-state index is 0.136. The SMILES string of the molecule is COCCOC(=O)C1=C(C)N(C)C(=S)NC1c1cccc(NC(=O)c2ccc3c(c2)OCO3)c1. The van der Waals surface area contributed by atoms with Crippen LogP contribution < -0.4 is 20.1 Å². The second-order valence-corrected chi connectivity index (χ2v) is 8.10. The highest BCUT2D eigenvalue weighted by molar-refractivity contribution is 7.80. The molecule has 34 heavy (non-hydrogen) atoms. The van der Waals surface area contributed by atoms with Crippen molar-refractivity contribution in [3.8, 4) is 11.5 Å². The zero-order chi connectivity index (χ0) is 24.2. The van der Waals surface area contributed by atoms with E-state index in [9.17, 15) is 9.59 Å². The molecule has 2 aromatic carbocycles. The largest absolute Gasteiger partial charge is 0.460 e. The van der Waals surface area contributed by atoms with E-state index in [4.69, 9.17) is 31.2 Å². The summed E-state index contributed by atoms with van der Waals surface area (Å²) in [7, 11) is 3.32. The Hall–Kier alpha value is -3.63. The maximum atomic E-state index is 12.9. The minimum Gasteiger partial charge on any atom is -0.460 e. The van der Waals surface area contributed by atoms with Crippen LogP contribution >= 0.6 is 12.2 Å². The molecule has 2 heterocycles. The lowest BCUT2D eigenvalue weighted by molar-refractivity contribution is -0.140. The first-order valence-electron chi connectivity index (χ1n) is 10.6. The van der Waals surface area contributed by atoms with E-state index in [2.05, 4.69) is 10.6 Å². The van der Waals surface area contributed by atoms with Gasteiger partial charge in [-0.15, -0.1) is 0 Å². The van der Waals surface area contributed by atoms with Crippen molar-refractivity contribution < 1.29 is 28.5 Å². The van der Waals surface area contributed by atoms with Crippen LogP contribution in [0.2, 0.25) is 0 Å². The first kappa shape index (κ1) is 23.5. The van der Waals surface area contributed by atoms with E-state index in [1.165, 1.54) is 0 Å². The maximum Gasteiger partial charge on any atom is 0.338 e. The van der Waals surface area contributed by atoms with Gasteiger partial charge in [-0.2, -0.15) is 0 Å². The van der Waals surface area contributed by atoms with Crippen LogP contribution in [0, 0.1) is 0 Å². The van der Waals surface area contributed by atoms with Crippen LogP contribution in [0.4, 0.5) is 5.69 Å². The van der Waals surface area contributed by atoms with Gasteiger partial charge in [0.2, 0.25) is 6.79 Å². The molecule has 0 bridgehead atoms. The highest BCUT2D eigenvalue weighted by atomic mass is 32.1. The van der Waals surface area contributed by atoms with Crippen molar-refractivity contribution in [3.63, 3.8) is 0 Å². The number of amides is 1. The van der Waals surface area contributed by atoms with Gasteiger partial charge in [-0.1, -0.05) is 12.1 Å². The Morgan fingerprint density at radius 1 is 1.18 bits per heavy atom. The van der Waals surface area contributed by atoms with Crippen LogP contribution in [0.3, 0.4) is 0 Å². The zero-order valence-corrected chi connectivity index (χ0v) is 19.9. The van der Waals surface area contributed by atoms with E-state index < -0.39 is 12.0 Å². The van der Waals surface area contributed by atoms with Crippen LogP contribution in [0.1, 0.15) is 28.9 Å². The van der Waals surface area contributed by atoms with Gasteiger partial charge in [0.1, 0.15) is 6.61 Å². The van der Waals surface area contributed by atoms with Gasteiger partial charge in [0.15, 0.2) is 16.6 Å². The van der Waals surface area contributed by atoms with Gasteiger partial charge in [-0.3, -0.25) is 4.79 Å². The number of hydrogen-bond acceptors (Lipinski definition) is 7. The number of fused-ring (bicyclic) bond motifs is 1. The van der Waals surface area contributed by atoms with Crippen LogP contribution in [0.5, 0.6) is 11.5 Å². The summed E-state index contributed by atoms with van der Waals surface area (Å²) in [5.41, 5.74) is 2.87. The molecule has 10 heteroatoms. The lowest BCUT2D eigenvalue weighted by atomic mass is 9.95. The highest BCUT2D eigenvalue weighted by Gasteiger charge is 2.33. The van der Waals surface area contributed by atoms with Gasteiger partial charge in [0, 0.05) is 31.1 Å². The van der Waals surface area contributed by atoms with E-state index >= 15 is 0 Å². The normalized spacial score (nSPS) is 16.9. The van der Waals surface area contributed by atoms with E-state index in [1.807, 2.05) is 13.0 Å². The molecule has 1 unspecified atom stereocenters. The summed E-state index contributed by atoms with van der Waals surface area (Å²) in [5, 5.41) is 6.57. The third-order valence-corrected chi connectivity index (χ3v) is 6.00. The molecule has 0 aromatic heterocycles. The second-order valence-electron chi connectivity index (χ2n) is 7.72. The number of ether oxygens (including phenoxy) is 4. The average molecular weight is 484 g/mol. The van der Waals surface area contributed by atoms with Crippen LogP contribution in [-0.2, 0) is 14.3 Å². The molecule has 4 rings (SSSR count). The molecule has 9 nitrogen and oxygen atoms in total. The number of allylic oxidation sites excluding steroid dienone is 1. The molecule has 2 aliphatic rings. The topological polar surface area (TPSA) is 98.4 Å². The Morgan fingerprint density at radius 2 is 1.97 bits per heavy atom. The quantitative estimate of drug-likeness (QED) is 0.350. The lowest BCUT2D eigenvalue weighted by Gasteiger charge is -2.35. The monoisotopic (exact) mass is 483 g/mol. The Labute approximate surface area is 202 Å². The fourth-order valence-corrected chi connectivity index (χ4v) is 3.94. The third-order valence-electron chi connectivity index (χ3n) is 5.61. The molecule has 2 aliphatic heterocycles. The fraction of sp³-hybridized carbons (Fsp3) is 0.292. The smallest absolute Gasteiger partial charge is 0.338 e. The fourth-order valence-electron chi connectivity index (χ4n) is 3.68. The van der Waals surface area contributed by atoms with Crippen molar-refractivity contribution in [1.82, 2.24) is 10.2 Å². The van der Waals surface area contributed by atoms with Crippen molar-refractivity contribution in [3.05, 3.63) is 64.9 Å². The van der Waals surface area contributed by atoms with Crippen LogP contribution in [0.15, 0.2) is 53.7 Å². The Balaban J connectivity index is 1.58. The van der Waals surface area contributed by atoms with Crippen molar-refractivity contribution in [1.29, 1.82) is 0 Å². The molecule has 2 N–H and O–H groups in total. The van der Waals surface area contributed by atoms with Crippen LogP contribution in [-0.4, -0.2) is 56.1 Å². The number of carbonyl (C=O) groups excluding carboxylic acids is 2. The van der Waals surface area contributed by atoms with Crippen molar-refractivity contribution in [2.75, 3.05) is 39.5 Å². The highest BCUT2D eigenvalue weighted by Crippen LogP contribution is 2.34. The zero-order valence-electron chi connectivity index (χ0n) is 19.0. The molecule has 2 aromatic rings. The molecular formula is C24H25N3O6S. The minimum atomic E-state index is -0.541. The van der Waals surface area contributed by atoms with Gasteiger partial charge >= 0.3 is 5.97 Å².